The quantitative estimate of drug-likeness (QED) is 0.736. The van der Waals surface area contributed by atoms with Crippen molar-refractivity contribution in [3.05, 3.63) is 59.7 Å². The summed E-state index contributed by atoms with van der Waals surface area (Å²) < 4.78 is 10.7. The van der Waals surface area contributed by atoms with Crippen LogP contribution in [0.15, 0.2) is 48.5 Å². The number of ether oxygens (including phenoxy) is 2. The van der Waals surface area contributed by atoms with E-state index in [0.717, 1.165) is 22.6 Å². The number of nitrogens with one attached hydrogen (secondary N) is 2. The minimum Gasteiger partial charge on any atom is -0.497 e. The zero-order chi connectivity index (χ0) is 18.1. The summed E-state index contributed by atoms with van der Waals surface area (Å²) in [6.45, 7) is 5.41. The summed E-state index contributed by atoms with van der Waals surface area (Å²) in [7, 11) is 1.64. The van der Waals surface area contributed by atoms with Crippen LogP contribution in [0.3, 0.4) is 0 Å². The van der Waals surface area contributed by atoms with Gasteiger partial charge in [0.2, 0.25) is 5.91 Å². The maximum Gasteiger partial charge on any atom is 0.234 e. The van der Waals surface area contributed by atoms with Crippen molar-refractivity contribution < 1.29 is 14.3 Å². The fourth-order valence-corrected chi connectivity index (χ4v) is 2.28. The van der Waals surface area contributed by atoms with E-state index in [4.69, 9.17) is 9.47 Å². The molecule has 2 rings (SSSR count). The van der Waals surface area contributed by atoms with Gasteiger partial charge in [-0.3, -0.25) is 4.79 Å². The van der Waals surface area contributed by atoms with Crippen LogP contribution in [-0.4, -0.2) is 25.7 Å². The number of rotatable bonds is 9. The van der Waals surface area contributed by atoms with E-state index in [0.29, 0.717) is 13.1 Å². The molecular formula is C20H26N2O3. The highest BCUT2D eigenvalue weighted by Crippen LogP contribution is 2.13. The first-order valence-electron chi connectivity index (χ1n) is 8.43. The van der Waals surface area contributed by atoms with Crippen LogP contribution in [0.2, 0.25) is 0 Å². The Morgan fingerprint density at radius 3 is 2.04 bits per heavy atom. The topological polar surface area (TPSA) is 59.6 Å². The molecule has 2 aromatic rings. The molecule has 0 aromatic heterocycles. The number of benzene rings is 2. The van der Waals surface area contributed by atoms with Gasteiger partial charge in [0.05, 0.1) is 19.8 Å². The fourth-order valence-electron chi connectivity index (χ4n) is 2.28. The van der Waals surface area contributed by atoms with Gasteiger partial charge in [-0.1, -0.05) is 24.3 Å². The molecular weight excluding hydrogens is 316 g/mol. The van der Waals surface area contributed by atoms with Crippen LogP contribution in [0.1, 0.15) is 25.0 Å². The number of methoxy groups -OCH3 is 1. The Morgan fingerprint density at radius 1 is 0.920 bits per heavy atom. The largest absolute Gasteiger partial charge is 0.497 e. The molecule has 0 atom stereocenters. The van der Waals surface area contributed by atoms with Crippen molar-refractivity contribution in [2.45, 2.75) is 33.0 Å². The Bertz CT molecular complexity index is 652. The molecule has 0 fully saturated rings. The lowest BCUT2D eigenvalue weighted by atomic mass is 10.2. The lowest BCUT2D eigenvalue weighted by molar-refractivity contribution is -0.120. The van der Waals surface area contributed by atoms with Crippen LogP contribution in [0.25, 0.3) is 0 Å². The molecule has 0 aliphatic heterocycles. The third-order valence-electron chi connectivity index (χ3n) is 3.56. The maximum absolute atomic E-state index is 11.9. The number of hydrogen-bond donors (Lipinski definition) is 2. The van der Waals surface area contributed by atoms with Crippen molar-refractivity contribution in [2.75, 3.05) is 13.7 Å². The summed E-state index contributed by atoms with van der Waals surface area (Å²) in [5.74, 6) is 1.63. The smallest absolute Gasteiger partial charge is 0.234 e. The van der Waals surface area contributed by atoms with Gasteiger partial charge in [-0.15, -0.1) is 0 Å². The molecule has 0 radical (unpaired) electrons. The number of hydrogen-bond acceptors (Lipinski definition) is 4. The Labute approximate surface area is 149 Å². The Morgan fingerprint density at radius 2 is 1.48 bits per heavy atom. The first-order chi connectivity index (χ1) is 12.1. The van der Waals surface area contributed by atoms with Crippen LogP contribution in [0.5, 0.6) is 11.5 Å². The van der Waals surface area contributed by atoms with Gasteiger partial charge in [0, 0.05) is 13.1 Å². The van der Waals surface area contributed by atoms with E-state index in [9.17, 15) is 4.79 Å². The van der Waals surface area contributed by atoms with Gasteiger partial charge >= 0.3 is 0 Å². The van der Waals surface area contributed by atoms with Crippen molar-refractivity contribution in [1.82, 2.24) is 10.6 Å². The van der Waals surface area contributed by atoms with Crippen molar-refractivity contribution >= 4 is 5.91 Å². The van der Waals surface area contributed by atoms with Gasteiger partial charge in [-0.25, -0.2) is 0 Å². The third-order valence-corrected chi connectivity index (χ3v) is 3.56. The van der Waals surface area contributed by atoms with Crippen molar-refractivity contribution in [3.63, 3.8) is 0 Å². The zero-order valence-corrected chi connectivity index (χ0v) is 15.0. The highest BCUT2D eigenvalue weighted by Gasteiger charge is 2.03. The molecule has 0 heterocycles. The Hall–Kier alpha value is -2.53. The fraction of sp³-hybridized carbons (Fsp3) is 0.350. The van der Waals surface area contributed by atoms with Gasteiger partial charge < -0.3 is 20.1 Å². The van der Waals surface area contributed by atoms with Crippen molar-refractivity contribution in [1.29, 1.82) is 0 Å². The molecule has 0 saturated carbocycles. The predicted molar refractivity (Wildman–Crippen MR) is 98.8 cm³/mol. The summed E-state index contributed by atoms with van der Waals surface area (Å²) in [6, 6.07) is 15.5. The monoisotopic (exact) mass is 342 g/mol. The van der Waals surface area contributed by atoms with E-state index in [2.05, 4.69) is 10.6 Å². The van der Waals surface area contributed by atoms with Crippen LogP contribution < -0.4 is 20.1 Å². The first-order valence-corrected chi connectivity index (χ1v) is 8.43. The predicted octanol–water partition coefficient (Wildman–Crippen LogP) is 2.89. The first kappa shape index (κ1) is 18.8. The van der Waals surface area contributed by atoms with E-state index < -0.39 is 0 Å². The summed E-state index contributed by atoms with van der Waals surface area (Å²) >= 11 is 0. The standard InChI is InChI=1S/C20H26N2O3/c1-15(2)25-19-10-6-17(7-11-19)13-22-20(23)14-21-12-16-4-8-18(24-3)9-5-16/h4-11,15,21H,12-14H2,1-3H3,(H,22,23). The average Bonchev–Trinajstić information content (AvgIpc) is 2.61. The molecule has 0 bridgehead atoms. The summed E-state index contributed by atoms with van der Waals surface area (Å²) in [5, 5.41) is 6.03. The van der Waals surface area contributed by atoms with E-state index in [1.165, 1.54) is 0 Å². The second-order valence-electron chi connectivity index (χ2n) is 6.04. The molecule has 0 spiro atoms. The van der Waals surface area contributed by atoms with Crippen LogP contribution in [0.4, 0.5) is 0 Å². The summed E-state index contributed by atoms with van der Waals surface area (Å²) in [4.78, 5) is 11.9. The summed E-state index contributed by atoms with van der Waals surface area (Å²) in [5.41, 5.74) is 2.15. The van der Waals surface area contributed by atoms with E-state index in [-0.39, 0.29) is 18.6 Å². The molecule has 5 nitrogen and oxygen atoms in total. The van der Waals surface area contributed by atoms with E-state index in [1.54, 1.807) is 7.11 Å². The van der Waals surface area contributed by atoms with Gasteiger partial charge in [-0.05, 0) is 49.2 Å². The highest BCUT2D eigenvalue weighted by atomic mass is 16.5. The maximum atomic E-state index is 11.9. The molecule has 0 unspecified atom stereocenters. The minimum absolute atomic E-state index is 0.0315. The normalized spacial score (nSPS) is 10.6. The molecule has 5 heteroatoms. The zero-order valence-electron chi connectivity index (χ0n) is 15.0. The Kier molecular flexibility index (Phi) is 7.29. The SMILES string of the molecule is COc1ccc(CNCC(=O)NCc2ccc(OC(C)C)cc2)cc1. The number of carbonyl (C=O) groups is 1. The van der Waals surface area contributed by atoms with Crippen LogP contribution >= 0.6 is 0 Å². The molecule has 2 N–H and O–H groups in total. The lowest BCUT2D eigenvalue weighted by Crippen LogP contribution is -2.33. The van der Waals surface area contributed by atoms with Gasteiger partial charge in [-0.2, -0.15) is 0 Å². The van der Waals surface area contributed by atoms with Crippen molar-refractivity contribution in [2.24, 2.45) is 0 Å². The van der Waals surface area contributed by atoms with Crippen molar-refractivity contribution in [3.8, 4) is 11.5 Å². The molecule has 0 aliphatic carbocycles. The van der Waals surface area contributed by atoms with Crippen LogP contribution in [0, 0.1) is 0 Å². The second kappa shape index (κ2) is 9.69. The molecule has 0 saturated heterocycles. The van der Waals surface area contributed by atoms with Crippen LogP contribution in [-0.2, 0) is 17.9 Å². The van der Waals surface area contributed by atoms with E-state index >= 15 is 0 Å². The van der Waals surface area contributed by atoms with E-state index in [1.807, 2.05) is 62.4 Å². The number of amides is 1. The third kappa shape index (κ3) is 6.85. The Balaban J connectivity index is 1.67. The summed E-state index contributed by atoms with van der Waals surface area (Å²) in [6.07, 6.45) is 0.155. The van der Waals surface area contributed by atoms with Gasteiger partial charge in [0.15, 0.2) is 0 Å². The second-order valence-corrected chi connectivity index (χ2v) is 6.04. The lowest BCUT2D eigenvalue weighted by Gasteiger charge is -2.11. The highest BCUT2D eigenvalue weighted by molar-refractivity contribution is 5.77. The van der Waals surface area contributed by atoms with Gasteiger partial charge in [0.1, 0.15) is 11.5 Å². The molecule has 2 aromatic carbocycles. The van der Waals surface area contributed by atoms with Gasteiger partial charge in [0.25, 0.3) is 0 Å². The average molecular weight is 342 g/mol. The molecule has 25 heavy (non-hydrogen) atoms. The minimum atomic E-state index is -0.0315. The molecule has 134 valence electrons. The molecule has 1 amide bonds. The molecule has 0 aliphatic rings. The number of carbonyl (C=O) groups excluding carboxylic acids is 1.